The van der Waals surface area contributed by atoms with Crippen molar-refractivity contribution in [3.8, 4) is 0 Å². The zero-order valence-electron chi connectivity index (χ0n) is 5.76. The molecule has 10 heavy (non-hydrogen) atoms. The molecule has 1 fully saturated rings. The Morgan fingerprint density at radius 3 is 2.60 bits per heavy atom. The van der Waals surface area contributed by atoms with Crippen molar-refractivity contribution in [1.29, 1.82) is 0 Å². The summed E-state index contributed by atoms with van der Waals surface area (Å²) in [6.45, 7) is 1.65. The smallest absolute Gasteiger partial charge is 0.169 e. The van der Waals surface area contributed by atoms with Crippen LogP contribution >= 0.6 is 0 Å². The minimum Gasteiger partial charge on any atom is -0.203 e. The predicted molar refractivity (Wildman–Crippen MR) is 36.1 cm³/mol. The number of halogens is 1. The lowest BCUT2D eigenvalue weighted by atomic mass is 10.2. The van der Waals surface area contributed by atoms with E-state index in [9.17, 15) is 4.39 Å². The third-order valence-corrected chi connectivity index (χ3v) is 1.81. The molecule has 0 amide bonds. The molecule has 0 atom stereocenters. The van der Waals surface area contributed by atoms with Crippen LogP contribution in [0.3, 0.4) is 0 Å². The van der Waals surface area contributed by atoms with Crippen molar-refractivity contribution in [3.05, 3.63) is 11.5 Å². The van der Waals surface area contributed by atoms with E-state index in [4.69, 9.17) is 0 Å². The molecule has 2 aliphatic rings. The summed E-state index contributed by atoms with van der Waals surface area (Å²) in [4.78, 5) is 0. The zero-order chi connectivity index (χ0) is 7.14. The molecule has 0 bridgehead atoms. The van der Waals surface area contributed by atoms with Gasteiger partial charge in [0.25, 0.3) is 0 Å². The van der Waals surface area contributed by atoms with Gasteiger partial charge < -0.3 is 0 Å². The number of nitrogens with zero attached hydrogens (tertiary/aromatic N) is 2. The van der Waals surface area contributed by atoms with Gasteiger partial charge in [-0.15, -0.1) is 0 Å². The van der Waals surface area contributed by atoms with Gasteiger partial charge in [0.05, 0.1) is 5.70 Å². The van der Waals surface area contributed by atoms with E-state index >= 15 is 0 Å². The second kappa shape index (κ2) is 1.81. The average molecular weight is 139 g/mol. The Morgan fingerprint density at radius 2 is 2.20 bits per heavy atom. The van der Waals surface area contributed by atoms with E-state index in [0.29, 0.717) is 17.3 Å². The summed E-state index contributed by atoms with van der Waals surface area (Å²) in [6.07, 6.45) is 2.16. The zero-order valence-corrected chi connectivity index (χ0v) is 5.76. The van der Waals surface area contributed by atoms with E-state index in [1.807, 2.05) is 0 Å². The molecule has 1 aliphatic heterocycles. The van der Waals surface area contributed by atoms with E-state index < -0.39 is 0 Å². The first-order valence-corrected chi connectivity index (χ1v) is 3.44. The van der Waals surface area contributed by atoms with E-state index in [2.05, 4.69) is 10.5 Å². The second-order valence-electron chi connectivity index (χ2n) is 2.76. The normalized spacial score (nSPS) is 24.8. The molecule has 1 radical (unpaired) electrons. The first kappa shape index (κ1) is 5.89. The lowest BCUT2D eigenvalue weighted by molar-refractivity contribution is 0.662. The summed E-state index contributed by atoms with van der Waals surface area (Å²) in [6, 6.07) is 0. The van der Waals surface area contributed by atoms with Gasteiger partial charge in [0, 0.05) is 5.92 Å². The average Bonchev–Trinajstić information content (AvgIpc) is 2.67. The van der Waals surface area contributed by atoms with E-state index in [-0.39, 0.29) is 5.83 Å². The maximum Gasteiger partial charge on any atom is 0.169 e. The van der Waals surface area contributed by atoms with Crippen LogP contribution in [-0.2, 0) is 0 Å². The van der Waals surface area contributed by atoms with E-state index in [1.54, 1.807) is 6.92 Å². The van der Waals surface area contributed by atoms with Gasteiger partial charge in [-0.1, -0.05) is 0 Å². The molecular weight excluding hydrogens is 131 g/mol. The predicted octanol–water partition coefficient (Wildman–Crippen LogP) is 1.57. The van der Waals surface area contributed by atoms with E-state index in [1.165, 1.54) is 0 Å². The number of rotatable bonds is 1. The fourth-order valence-electron chi connectivity index (χ4n) is 1.02. The highest BCUT2D eigenvalue weighted by Crippen LogP contribution is 2.35. The fraction of sp³-hybridized carbons (Fsp3) is 0.571. The third kappa shape index (κ3) is 0.735. The summed E-state index contributed by atoms with van der Waals surface area (Å²) in [7, 11) is 0. The minimum atomic E-state index is -0.192. The summed E-state index contributed by atoms with van der Waals surface area (Å²) >= 11 is 0. The van der Waals surface area contributed by atoms with Crippen LogP contribution in [0.15, 0.2) is 16.6 Å². The van der Waals surface area contributed by atoms with Crippen molar-refractivity contribution >= 4 is 5.71 Å². The van der Waals surface area contributed by atoms with Gasteiger partial charge in [-0.05, 0) is 19.8 Å². The van der Waals surface area contributed by atoms with Crippen LogP contribution in [0.1, 0.15) is 19.8 Å². The lowest BCUT2D eigenvalue weighted by Crippen LogP contribution is -1.97. The maximum absolute atomic E-state index is 12.9. The molecule has 1 aliphatic carbocycles. The molecule has 2 rings (SSSR count). The van der Waals surface area contributed by atoms with Gasteiger partial charge in [0.15, 0.2) is 5.83 Å². The number of allylic oxidation sites excluding steroid dienone is 2. The van der Waals surface area contributed by atoms with Crippen molar-refractivity contribution in [2.75, 3.05) is 0 Å². The highest BCUT2D eigenvalue weighted by molar-refractivity contribution is 6.03. The van der Waals surface area contributed by atoms with Gasteiger partial charge in [-0.2, -0.15) is 10.5 Å². The molecular formula is C7H8FN2. The number of hydrogen-bond acceptors (Lipinski definition) is 1. The topological polar surface area (TPSA) is 26.5 Å². The van der Waals surface area contributed by atoms with Crippen molar-refractivity contribution in [2.45, 2.75) is 19.8 Å². The largest absolute Gasteiger partial charge is 0.203 e. The van der Waals surface area contributed by atoms with Crippen LogP contribution in [0.25, 0.3) is 0 Å². The van der Waals surface area contributed by atoms with Crippen LogP contribution in [-0.4, -0.2) is 5.71 Å². The first-order valence-electron chi connectivity index (χ1n) is 3.44. The summed E-state index contributed by atoms with van der Waals surface area (Å²) in [5.74, 6) is 0.184. The van der Waals surface area contributed by atoms with Crippen molar-refractivity contribution in [3.63, 3.8) is 0 Å². The Hall–Kier alpha value is -0.860. The Balaban J connectivity index is 2.23. The van der Waals surface area contributed by atoms with Gasteiger partial charge in [0.1, 0.15) is 5.71 Å². The lowest BCUT2D eigenvalue weighted by Gasteiger charge is -1.90. The fourth-order valence-corrected chi connectivity index (χ4v) is 1.02. The van der Waals surface area contributed by atoms with Crippen molar-refractivity contribution < 1.29 is 4.39 Å². The van der Waals surface area contributed by atoms with E-state index in [0.717, 1.165) is 12.8 Å². The number of hydrogen-bond donors (Lipinski definition) is 0. The summed E-state index contributed by atoms with van der Waals surface area (Å²) in [5, 5.41) is 3.75. The highest BCUT2D eigenvalue weighted by atomic mass is 19.1. The van der Waals surface area contributed by atoms with Gasteiger partial charge >= 0.3 is 0 Å². The molecule has 0 aromatic heterocycles. The van der Waals surface area contributed by atoms with Gasteiger partial charge in [0.2, 0.25) is 0 Å². The maximum atomic E-state index is 12.9. The monoisotopic (exact) mass is 139 g/mol. The Morgan fingerprint density at radius 1 is 1.50 bits per heavy atom. The van der Waals surface area contributed by atoms with Crippen LogP contribution in [0.2, 0.25) is 0 Å². The molecule has 3 heteroatoms. The quantitative estimate of drug-likeness (QED) is 0.527. The molecule has 53 valence electrons. The van der Waals surface area contributed by atoms with Crippen LogP contribution in [0.4, 0.5) is 4.39 Å². The Bertz CT molecular complexity index is 226. The standard InChI is InChI=1S/C7H8FN2/c1-4-6(8)7(10-9-4)5-2-3-5/h5H,2-3H2,1H3. The van der Waals surface area contributed by atoms with Gasteiger partial charge in [-0.25, -0.2) is 4.39 Å². The second-order valence-corrected chi connectivity index (χ2v) is 2.76. The summed E-state index contributed by atoms with van der Waals surface area (Å²) < 4.78 is 12.9. The SMILES string of the molecule is CC1=C(F)C(C2CC2)=N[N]1. The molecule has 0 spiro atoms. The van der Waals surface area contributed by atoms with Crippen molar-refractivity contribution in [2.24, 2.45) is 11.0 Å². The molecule has 0 N–H and O–H groups in total. The molecule has 0 aromatic rings. The van der Waals surface area contributed by atoms with Gasteiger partial charge in [-0.3, -0.25) is 0 Å². The molecule has 0 saturated heterocycles. The Labute approximate surface area is 58.8 Å². The molecule has 1 saturated carbocycles. The molecule has 0 aromatic carbocycles. The third-order valence-electron chi connectivity index (χ3n) is 1.81. The molecule has 1 heterocycles. The highest BCUT2D eigenvalue weighted by Gasteiger charge is 2.34. The summed E-state index contributed by atoms with van der Waals surface area (Å²) in [5.41, 5.74) is 4.67. The van der Waals surface area contributed by atoms with Crippen molar-refractivity contribution in [1.82, 2.24) is 5.43 Å². The van der Waals surface area contributed by atoms with Crippen LogP contribution < -0.4 is 5.43 Å². The minimum absolute atomic E-state index is 0.192. The van der Waals surface area contributed by atoms with Crippen LogP contribution in [0.5, 0.6) is 0 Å². The molecule has 2 nitrogen and oxygen atoms in total. The Kier molecular flexibility index (Phi) is 1.07. The molecule has 0 unspecified atom stereocenters. The first-order chi connectivity index (χ1) is 4.79. The van der Waals surface area contributed by atoms with Crippen LogP contribution in [0, 0.1) is 5.92 Å².